The van der Waals surface area contributed by atoms with Crippen LogP contribution in [0.15, 0.2) is 0 Å². The molecule has 0 spiro atoms. The van der Waals surface area contributed by atoms with Crippen LogP contribution in [0.1, 0.15) is 19.2 Å². The SMILES string of the molecule is CCn1nnnc1CC(S)CC(=O)O. The molecule has 0 radical (unpaired) electrons. The Bertz CT molecular complexity index is 314. The Morgan fingerprint density at radius 3 is 3.00 bits per heavy atom. The summed E-state index contributed by atoms with van der Waals surface area (Å²) >= 11 is 4.15. The van der Waals surface area contributed by atoms with Crippen LogP contribution in [0.3, 0.4) is 0 Å². The Kier molecular flexibility index (Phi) is 3.87. The van der Waals surface area contributed by atoms with Gasteiger partial charge in [-0.2, -0.15) is 12.6 Å². The highest BCUT2D eigenvalue weighted by Gasteiger charge is 2.13. The molecule has 0 aliphatic carbocycles. The van der Waals surface area contributed by atoms with E-state index in [2.05, 4.69) is 28.2 Å². The lowest BCUT2D eigenvalue weighted by Gasteiger charge is -2.06. The van der Waals surface area contributed by atoms with Gasteiger partial charge in [0, 0.05) is 18.2 Å². The minimum Gasteiger partial charge on any atom is -0.481 e. The first-order valence-corrected chi connectivity index (χ1v) is 4.80. The van der Waals surface area contributed by atoms with Gasteiger partial charge in [-0.25, -0.2) is 4.68 Å². The lowest BCUT2D eigenvalue weighted by atomic mass is 10.2. The largest absolute Gasteiger partial charge is 0.481 e. The predicted octanol–water partition coefficient (Wildman–Crippen LogP) is 0.00860. The molecule has 0 aliphatic heterocycles. The average molecular weight is 216 g/mol. The summed E-state index contributed by atoms with van der Waals surface area (Å²) in [7, 11) is 0. The maximum absolute atomic E-state index is 10.4. The molecule has 0 saturated carbocycles. The van der Waals surface area contributed by atoms with Crippen LogP contribution in [0.4, 0.5) is 0 Å². The fourth-order valence-electron chi connectivity index (χ4n) is 1.10. The van der Waals surface area contributed by atoms with Crippen LogP contribution in [-0.4, -0.2) is 36.5 Å². The van der Waals surface area contributed by atoms with Gasteiger partial charge >= 0.3 is 5.97 Å². The number of aliphatic carboxylic acids is 1. The van der Waals surface area contributed by atoms with Crippen molar-refractivity contribution in [3.8, 4) is 0 Å². The zero-order valence-electron chi connectivity index (χ0n) is 7.79. The van der Waals surface area contributed by atoms with E-state index in [-0.39, 0.29) is 11.7 Å². The Balaban J connectivity index is 2.55. The maximum Gasteiger partial charge on any atom is 0.304 e. The first-order chi connectivity index (χ1) is 6.63. The molecular weight excluding hydrogens is 204 g/mol. The molecule has 6 nitrogen and oxygen atoms in total. The van der Waals surface area contributed by atoms with Crippen molar-refractivity contribution in [3.63, 3.8) is 0 Å². The van der Waals surface area contributed by atoms with Crippen molar-refractivity contribution >= 4 is 18.6 Å². The number of carbonyl (C=O) groups is 1. The molecule has 1 N–H and O–H groups in total. The monoisotopic (exact) mass is 216 g/mol. The molecule has 0 saturated heterocycles. The van der Waals surface area contributed by atoms with E-state index in [9.17, 15) is 4.79 Å². The van der Waals surface area contributed by atoms with E-state index < -0.39 is 5.97 Å². The van der Waals surface area contributed by atoms with Gasteiger partial charge in [0.1, 0.15) is 0 Å². The Hall–Kier alpha value is -1.11. The zero-order valence-corrected chi connectivity index (χ0v) is 8.68. The van der Waals surface area contributed by atoms with Crippen molar-refractivity contribution in [3.05, 3.63) is 5.82 Å². The summed E-state index contributed by atoms with van der Waals surface area (Å²) in [6.45, 7) is 2.60. The minimum atomic E-state index is -0.861. The fourth-order valence-corrected chi connectivity index (χ4v) is 1.42. The van der Waals surface area contributed by atoms with E-state index in [0.717, 1.165) is 0 Å². The highest BCUT2D eigenvalue weighted by molar-refractivity contribution is 7.81. The third-order valence-corrected chi connectivity index (χ3v) is 2.10. The summed E-state index contributed by atoms with van der Waals surface area (Å²) < 4.78 is 1.63. The van der Waals surface area contributed by atoms with E-state index in [4.69, 9.17) is 5.11 Å². The van der Waals surface area contributed by atoms with E-state index in [0.29, 0.717) is 18.8 Å². The van der Waals surface area contributed by atoms with Crippen LogP contribution in [-0.2, 0) is 17.8 Å². The Morgan fingerprint density at radius 1 is 1.71 bits per heavy atom. The van der Waals surface area contributed by atoms with Crippen molar-refractivity contribution < 1.29 is 9.90 Å². The number of hydrogen-bond donors (Lipinski definition) is 2. The molecule has 1 rings (SSSR count). The van der Waals surface area contributed by atoms with E-state index >= 15 is 0 Å². The molecule has 0 fully saturated rings. The second-order valence-electron chi connectivity index (χ2n) is 2.87. The number of aromatic nitrogens is 4. The van der Waals surface area contributed by atoms with Gasteiger partial charge in [0.05, 0.1) is 6.42 Å². The Labute approximate surface area is 86.7 Å². The summed E-state index contributed by atoms with van der Waals surface area (Å²) in [6.07, 6.45) is 0.482. The molecule has 14 heavy (non-hydrogen) atoms. The molecule has 0 aliphatic rings. The Morgan fingerprint density at radius 2 is 2.43 bits per heavy atom. The summed E-state index contributed by atoms with van der Waals surface area (Å²) in [4.78, 5) is 10.4. The van der Waals surface area contributed by atoms with Gasteiger partial charge in [0.25, 0.3) is 0 Å². The number of thiol groups is 1. The van der Waals surface area contributed by atoms with E-state index in [1.165, 1.54) is 0 Å². The number of carboxylic acids is 1. The number of rotatable bonds is 5. The van der Waals surface area contributed by atoms with Crippen LogP contribution in [0.5, 0.6) is 0 Å². The first-order valence-electron chi connectivity index (χ1n) is 4.28. The van der Waals surface area contributed by atoms with Gasteiger partial charge in [0.15, 0.2) is 5.82 Å². The standard InChI is InChI=1S/C7H12N4O2S/c1-2-11-6(8-9-10-11)3-5(14)4-7(12)13/h5,14H,2-4H2,1H3,(H,12,13). The second-order valence-corrected chi connectivity index (χ2v) is 3.60. The van der Waals surface area contributed by atoms with E-state index in [1.54, 1.807) is 4.68 Å². The third-order valence-electron chi connectivity index (χ3n) is 1.73. The highest BCUT2D eigenvalue weighted by Crippen LogP contribution is 2.08. The fraction of sp³-hybridized carbons (Fsp3) is 0.714. The molecule has 1 aromatic rings. The van der Waals surface area contributed by atoms with Crippen molar-refractivity contribution in [2.24, 2.45) is 0 Å². The average Bonchev–Trinajstić information content (AvgIpc) is 2.50. The lowest BCUT2D eigenvalue weighted by Crippen LogP contribution is -2.14. The van der Waals surface area contributed by atoms with Crippen molar-refractivity contribution in [2.45, 2.75) is 31.6 Å². The number of nitrogens with zero attached hydrogens (tertiary/aromatic N) is 4. The molecule has 78 valence electrons. The number of aryl methyl sites for hydroxylation is 1. The molecular formula is C7H12N4O2S. The summed E-state index contributed by atoms with van der Waals surface area (Å²) in [5, 5.41) is 19.3. The topological polar surface area (TPSA) is 80.9 Å². The number of carboxylic acid groups (broad SMARTS) is 1. The first kappa shape index (κ1) is 11.0. The molecule has 1 aromatic heterocycles. The van der Waals surface area contributed by atoms with Crippen molar-refractivity contribution in [2.75, 3.05) is 0 Å². The van der Waals surface area contributed by atoms with Gasteiger partial charge < -0.3 is 5.11 Å². The second kappa shape index (κ2) is 4.94. The summed E-state index contributed by atoms with van der Waals surface area (Å²) in [6, 6.07) is 0. The predicted molar refractivity (Wildman–Crippen MR) is 52.2 cm³/mol. The molecule has 1 atom stereocenters. The van der Waals surface area contributed by atoms with Crippen LogP contribution >= 0.6 is 12.6 Å². The molecule has 1 unspecified atom stereocenters. The van der Waals surface area contributed by atoms with Crippen molar-refractivity contribution in [1.82, 2.24) is 20.2 Å². The molecule has 7 heteroatoms. The smallest absolute Gasteiger partial charge is 0.304 e. The van der Waals surface area contributed by atoms with Crippen molar-refractivity contribution in [1.29, 1.82) is 0 Å². The van der Waals surface area contributed by atoms with Crippen LogP contribution in [0.2, 0.25) is 0 Å². The molecule has 1 heterocycles. The molecule has 0 amide bonds. The van der Waals surface area contributed by atoms with E-state index in [1.807, 2.05) is 6.92 Å². The van der Waals surface area contributed by atoms with Gasteiger partial charge in [-0.3, -0.25) is 4.79 Å². The quantitative estimate of drug-likeness (QED) is 0.678. The molecule has 0 bridgehead atoms. The summed E-state index contributed by atoms with van der Waals surface area (Å²) in [5.74, 6) is -0.186. The van der Waals surface area contributed by atoms with Gasteiger partial charge in [-0.1, -0.05) is 0 Å². The minimum absolute atomic E-state index is 0.0136. The van der Waals surface area contributed by atoms with Gasteiger partial charge in [0.2, 0.25) is 0 Å². The normalized spacial score (nSPS) is 12.7. The summed E-state index contributed by atoms with van der Waals surface area (Å²) in [5.41, 5.74) is 0. The van der Waals surface area contributed by atoms with Crippen LogP contribution in [0.25, 0.3) is 0 Å². The lowest BCUT2D eigenvalue weighted by molar-refractivity contribution is -0.136. The zero-order chi connectivity index (χ0) is 10.6. The number of hydrogen-bond acceptors (Lipinski definition) is 5. The maximum atomic E-state index is 10.4. The highest BCUT2D eigenvalue weighted by atomic mass is 32.1. The molecule has 0 aromatic carbocycles. The van der Waals surface area contributed by atoms with Gasteiger partial charge in [-0.05, 0) is 17.4 Å². The third kappa shape index (κ3) is 2.99. The van der Waals surface area contributed by atoms with Gasteiger partial charge in [-0.15, -0.1) is 5.10 Å². The van der Waals surface area contributed by atoms with Crippen LogP contribution in [0, 0.1) is 0 Å². The number of tetrazole rings is 1. The van der Waals surface area contributed by atoms with Crippen LogP contribution < -0.4 is 0 Å².